The molecule has 20 heavy (non-hydrogen) atoms. The molecule has 6 heteroatoms. The number of likely N-dealkylation sites (tertiary alicyclic amines) is 1. The van der Waals surface area contributed by atoms with Crippen molar-refractivity contribution in [2.24, 2.45) is 0 Å². The number of amides is 2. The van der Waals surface area contributed by atoms with Crippen molar-refractivity contribution in [3.8, 4) is 0 Å². The predicted octanol–water partition coefficient (Wildman–Crippen LogP) is -0.815. The highest BCUT2D eigenvalue weighted by Gasteiger charge is 2.34. The zero-order valence-electron chi connectivity index (χ0n) is 11.9. The fourth-order valence-electron chi connectivity index (χ4n) is 2.82. The lowest BCUT2D eigenvalue weighted by Gasteiger charge is -2.32. The van der Waals surface area contributed by atoms with Crippen LogP contribution in [-0.2, 0) is 9.59 Å². The molecular weight excluding hydrogens is 256 g/mol. The molecule has 0 aromatic heterocycles. The minimum Gasteiger partial charge on any atom is -0.352 e. The second kappa shape index (κ2) is 7.40. The van der Waals surface area contributed by atoms with Crippen LogP contribution in [0.25, 0.3) is 0 Å². The molecule has 1 unspecified atom stereocenters. The van der Waals surface area contributed by atoms with Crippen LogP contribution in [0.3, 0.4) is 0 Å². The van der Waals surface area contributed by atoms with Gasteiger partial charge in [0.2, 0.25) is 11.8 Å². The van der Waals surface area contributed by atoms with Gasteiger partial charge in [0.15, 0.2) is 0 Å². The molecule has 2 aliphatic heterocycles. The number of carbonyl (C=O) groups excluding carboxylic acids is 2. The van der Waals surface area contributed by atoms with E-state index in [9.17, 15) is 9.59 Å². The van der Waals surface area contributed by atoms with E-state index in [0.717, 1.165) is 45.6 Å². The summed E-state index contributed by atoms with van der Waals surface area (Å²) in [6.45, 7) is 8.43. The molecule has 0 aliphatic carbocycles. The average molecular weight is 280 g/mol. The van der Waals surface area contributed by atoms with Crippen LogP contribution >= 0.6 is 0 Å². The highest BCUT2D eigenvalue weighted by Crippen LogP contribution is 2.19. The van der Waals surface area contributed by atoms with Gasteiger partial charge in [-0.1, -0.05) is 6.08 Å². The monoisotopic (exact) mass is 280 g/mol. The second-order valence-corrected chi connectivity index (χ2v) is 5.30. The lowest BCUT2D eigenvalue weighted by atomic mass is 10.1. The molecule has 0 spiro atoms. The summed E-state index contributed by atoms with van der Waals surface area (Å²) in [4.78, 5) is 28.2. The Hall–Kier alpha value is -1.40. The third-order valence-electron chi connectivity index (χ3n) is 3.87. The lowest BCUT2D eigenvalue weighted by molar-refractivity contribution is -0.137. The number of hydrogen-bond acceptors (Lipinski definition) is 4. The number of piperazine rings is 1. The van der Waals surface area contributed by atoms with Gasteiger partial charge in [-0.05, 0) is 19.4 Å². The van der Waals surface area contributed by atoms with Gasteiger partial charge in [0.1, 0.15) is 0 Å². The SMILES string of the molecule is C=CCNC(=O)CN1CCCC1C(=O)N1CCNCC1. The molecule has 2 aliphatic rings. The molecule has 0 radical (unpaired) electrons. The number of nitrogens with one attached hydrogen (secondary N) is 2. The Morgan fingerprint density at radius 3 is 2.75 bits per heavy atom. The van der Waals surface area contributed by atoms with Crippen LogP contribution in [0.2, 0.25) is 0 Å². The standard InChI is InChI=1S/C14H24N4O2/c1-2-5-16-13(19)11-18-8-3-4-12(18)14(20)17-9-6-15-7-10-17/h2,12,15H,1,3-11H2,(H,16,19). The lowest BCUT2D eigenvalue weighted by Crippen LogP contribution is -2.53. The molecule has 0 aromatic carbocycles. The molecule has 2 amide bonds. The molecule has 1 atom stereocenters. The van der Waals surface area contributed by atoms with Gasteiger partial charge in [-0.15, -0.1) is 6.58 Å². The molecule has 2 N–H and O–H groups in total. The van der Waals surface area contributed by atoms with Gasteiger partial charge in [-0.3, -0.25) is 14.5 Å². The third-order valence-corrected chi connectivity index (χ3v) is 3.87. The van der Waals surface area contributed by atoms with Gasteiger partial charge in [0.25, 0.3) is 0 Å². The van der Waals surface area contributed by atoms with E-state index in [2.05, 4.69) is 17.2 Å². The Kier molecular flexibility index (Phi) is 5.55. The molecule has 2 rings (SSSR count). The van der Waals surface area contributed by atoms with E-state index < -0.39 is 0 Å². The number of carbonyl (C=O) groups is 2. The first-order valence-corrected chi connectivity index (χ1v) is 7.33. The van der Waals surface area contributed by atoms with Crippen LogP contribution in [0, 0.1) is 0 Å². The average Bonchev–Trinajstić information content (AvgIpc) is 2.93. The van der Waals surface area contributed by atoms with E-state index in [1.165, 1.54) is 0 Å². The summed E-state index contributed by atoms with van der Waals surface area (Å²) in [6, 6.07) is -0.123. The predicted molar refractivity (Wildman–Crippen MR) is 77.3 cm³/mol. The zero-order valence-corrected chi connectivity index (χ0v) is 11.9. The van der Waals surface area contributed by atoms with Gasteiger partial charge in [0, 0.05) is 32.7 Å². The molecule has 2 heterocycles. The van der Waals surface area contributed by atoms with Crippen LogP contribution in [-0.4, -0.2) is 73.5 Å². The normalized spacial score (nSPS) is 23.6. The fraction of sp³-hybridized carbons (Fsp3) is 0.714. The van der Waals surface area contributed by atoms with Crippen molar-refractivity contribution >= 4 is 11.8 Å². The maximum Gasteiger partial charge on any atom is 0.240 e. The van der Waals surface area contributed by atoms with Gasteiger partial charge in [0.05, 0.1) is 12.6 Å². The fourth-order valence-corrected chi connectivity index (χ4v) is 2.82. The Morgan fingerprint density at radius 1 is 1.30 bits per heavy atom. The van der Waals surface area contributed by atoms with Gasteiger partial charge in [-0.25, -0.2) is 0 Å². The van der Waals surface area contributed by atoms with E-state index in [4.69, 9.17) is 0 Å². The summed E-state index contributed by atoms with van der Waals surface area (Å²) >= 11 is 0. The minimum atomic E-state index is -0.123. The van der Waals surface area contributed by atoms with E-state index in [1.807, 2.05) is 9.80 Å². The Balaban J connectivity index is 1.87. The summed E-state index contributed by atoms with van der Waals surface area (Å²) in [5.41, 5.74) is 0. The Labute approximate surface area is 120 Å². The summed E-state index contributed by atoms with van der Waals surface area (Å²) < 4.78 is 0. The summed E-state index contributed by atoms with van der Waals surface area (Å²) in [7, 11) is 0. The van der Waals surface area contributed by atoms with Crippen molar-refractivity contribution in [2.45, 2.75) is 18.9 Å². The number of rotatable bonds is 5. The molecule has 0 saturated carbocycles. The van der Waals surface area contributed by atoms with Crippen LogP contribution in [0.1, 0.15) is 12.8 Å². The van der Waals surface area contributed by atoms with Crippen LogP contribution < -0.4 is 10.6 Å². The van der Waals surface area contributed by atoms with E-state index in [1.54, 1.807) is 6.08 Å². The van der Waals surface area contributed by atoms with Crippen molar-refractivity contribution in [1.29, 1.82) is 0 Å². The number of nitrogens with zero attached hydrogens (tertiary/aromatic N) is 2. The maximum atomic E-state index is 12.5. The molecule has 6 nitrogen and oxygen atoms in total. The molecule has 112 valence electrons. The van der Waals surface area contributed by atoms with Crippen molar-refractivity contribution in [1.82, 2.24) is 20.4 Å². The van der Waals surface area contributed by atoms with E-state index in [-0.39, 0.29) is 17.9 Å². The highest BCUT2D eigenvalue weighted by atomic mass is 16.2. The third kappa shape index (κ3) is 3.80. The van der Waals surface area contributed by atoms with Crippen LogP contribution in [0.5, 0.6) is 0 Å². The van der Waals surface area contributed by atoms with E-state index in [0.29, 0.717) is 13.1 Å². The van der Waals surface area contributed by atoms with Crippen molar-refractivity contribution in [3.63, 3.8) is 0 Å². The Bertz CT molecular complexity index is 366. The van der Waals surface area contributed by atoms with Crippen LogP contribution in [0.4, 0.5) is 0 Å². The van der Waals surface area contributed by atoms with E-state index >= 15 is 0 Å². The maximum absolute atomic E-state index is 12.5. The number of hydrogen-bond donors (Lipinski definition) is 2. The topological polar surface area (TPSA) is 64.7 Å². The molecule has 0 bridgehead atoms. The van der Waals surface area contributed by atoms with Crippen LogP contribution in [0.15, 0.2) is 12.7 Å². The first kappa shape index (κ1) is 15.0. The largest absolute Gasteiger partial charge is 0.352 e. The highest BCUT2D eigenvalue weighted by molar-refractivity contribution is 5.84. The molecule has 2 saturated heterocycles. The zero-order chi connectivity index (χ0) is 14.4. The van der Waals surface area contributed by atoms with Crippen molar-refractivity contribution in [3.05, 3.63) is 12.7 Å². The minimum absolute atomic E-state index is 0.0371. The summed E-state index contributed by atoms with van der Waals surface area (Å²) in [5, 5.41) is 6.01. The van der Waals surface area contributed by atoms with Crippen molar-refractivity contribution < 1.29 is 9.59 Å². The van der Waals surface area contributed by atoms with Gasteiger partial charge in [-0.2, -0.15) is 0 Å². The Morgan fingerprint density at radius 2 is 2.05 bits per heavy atom. The molecule has 2 fully saturated rings. The summed E-state index contributed by atoms with van der Waals surface area (Å²) in [6.07, 6.45) is 3.50. The van der Waals surface area contributed by atoms with Gasteiger partial charge >= 0.3 is 0 Å². The van der Waals surface area contributed by atoms with Gasteiger partial charge < -0.3 is 15.5 Å². The molecule has 0 aromatic rings. The first-order chi connectivity index (χ1) is 9.72. The molecular formula is C14H24N4O2. The second-order valence-electron chi connectivity index (χ2n) is 5.30. The quantitative estimate of drug-likeness (QED) is 0.646. The summed E-state index contributed by atoms with van der Waals surface area (Å²) in [5.74, 6) is 0.144. The van der Waals surface area contributed by atoms with Crippen molar-refractivity contribution in [2.75, 3.05) is 45.8 Å². The smallest absolute Gasteiger partial charge is 0.240 e. The first-order valence-electron chi connectivity index (χ1n) is 7.33.